The molecule has 0 fully saturated rings. The Labute approximate surface area is 267 Å². The standard InChI is InChI=1S/C29H43N6O10P/c1-5-6-7-14-35(17-26(38)33-23(27(31)39)15-18(2)3)29(41)22(12-13-25(30)37)34-28(40)24(32-19(4)36)16-20-8-10-21(11-9-20)45-46(42,43)44/h8-11,18,22-24H,5,12-17H2,1-4H3,(H2,30,37)(H2,31,39)(H,32,36)(H,33,38)(H,34,40)(H2,42,43,44)/t22-,23-,24-/m0/s1. The van der Waals surface area contributed by atoms with Crippen LogP contribution in [0.3, 0.4) is 0 Å². The Morgan fingerprint density at radius 3 is 2.09 bits per heavy atom. The van der Waals surface area contributed by atoms with Crippen molar-refractivity contribution in [3.05, 3.63) is 29.8 Å². The van der Waals surface area contributed by atoms with Crippen molar-refractivity contribution >= 4 is 43.3 Å². The molecule has 0 aliphatic rings. The molecule has 1 aromatic carbocycles. The van der Waals surface area contributed by atoms with Gasteiger partial charge in [0.05, 0.1) is 6.54 Å². The highest BCUT2D eigenvalue weighted by atomic mass is 31.2. The van der Waals surface area contributed by atoms with E-state index in [9.17, 15) is 33.3 Å². The van der Waals surface area contributed by atoms with Gasteiger partial charge in [0.15, 0.2) is 0 Å². The Morgan fingerprint density at radius 2 is 1.59 bits per heavy atom. The molecule has 1 aromatic rings. The van der Waals surface area contributed by atoms with Gasteiger partial charge in [-0.25, -0.2) is 4.57 Å². The van der Waals surface area contributed by atoms with E-state index >= 15 is 0 Å². The van der Waals surface area contributed by atoms with Crippen LogP contribution in [0.5, 0.6) is 5.75 Å². The van der Waals surface area contributed by atoms with Crippen LogP contribution in [0.2, 0.25) is 0 Å². The quantitative estimate of drug-likeness (QED) is 0.0759. The number of rotatable bonds is 18. The molecule has 0 aliphatic carbocycles. The molecule has 46 heavy (non-hydrogen) atoms. The molecule has 3 atom stereocenters. The predicted molar refractivity (Wildman–Crippen MR) is 166 cm³/mol. The maximum Gasteiger partial charge on any atom is 0.524 e. The molecular formula is C29H43N6O10P. The third-order valence-electron chi connectivity index (χ3n) is 6.18. The summed E-state index contributed by atoms with van der Waals surface area (Å²) in [5.74, 6) is 1.13. The number of phosphoric ester groups is 1. The van der Waals surface area contributed by atoms with Crippen LogP contribution in [0.15, 0.2) is 24.3 Å². The van der Waals surface area contributed by atoms with Gasteiger partial charge in [-0.05, 0) is 36.5 Å². The normalized spacial score (nSPS) is 12.8. The molecule has 1 rings (SSSR count). The summed E-state index contributed by atoms with van der Waals surface area (Å²) in [5.41, 5.74) is 11.2. The highest BCUT2D eigenvalue weighted by Crippen LogP contribution is 2.37. The van der Waals surface area contributed by atoms with Crippen molar-refractivity contribution in [3.8, 4) is 17.6 Å². The van der Waals surface area contributed by atoms with Crippen molar-refractivity contribution in [1.82, 2.24) is 20.9 Å². The first kappa shape index (κ1) is 39.6. The Kier molecular flexibility index (Phi) is 16.5. The molecular weight excluding hydrogens is 623 g/mol. The maximum absolute atomic E-state index is 13.7. The van der Waals surface area contributed by atoms with Gasteiger partial charge in [-0.15, -0.1) is 5.92 Å². The number of phosphoric acid groups is 1. The summed E-state index contributed by atoms with van der Waals surface area (Å²) in [7, 11) is -4.79. The molecule has 0 spiro atoms. The van der Waals surface area contributed by atoms with E-state index in [1.54, 1.807) is 6.92 Å². The number of nitrogens with zero attached hydrogens (tertiary/aromatic N) is 1. The zero-order valence-corrected chi connectivity index (χ0v) is 27.2. The average molecular weight is 667 g/mol. The van der Waals surface area contributed by atoms with Crippen molar-refractivity contribution < 1.29 is 47.6 Å². The van der Waals surface area contributed by atoms with Gasteiger partial charge in [-0.2, -0.15) is 0 Å². The monoisotopic (exact) mass is 666 g/mol. The molecule has 0 saturated heterocycles. The number of hydrogen-bond acceptors (Lipinski definition) is 8. The number of nitrogens with two attached hydrogens (primary N) is 2. The molecule has 0 aliphatic heterocycles. The molecule has 17 heteroatoms. The average Bonchev–Trinajstić information content (AvgIpc) is 2.93. The number of hydrogen-bond donors (Lipinski definition) is 7. The van der Waals surface area contributed by atoms with Crippen LogP contribution < -0.4 is 31.9 Å². The topological polar surface area (TPSA) is 261 Å². The summed E-state index contributed by atoms with van der Waals surface area (Å²) >= 11 is 0. The minimum atomic E-state index is -4.79. The van der Waals surface area contributed by atoms with E-state index in [1.807, 2.05) is 13.8 Å². The molecule has 254 valence electrons. The van der Waals surface area contributed by atoms with Crippen LogP contribution in [0.4, 0.5) is 0 Å². The van der Waals surface area contributed by atoms with Gasteiger partial charge in [0.1, 0.15) is 30.4 Å². The molecule has 0 bridgehead atoms. The van der Waals surface area contributed by atoms with Crippen molar-refractivity contribution in [3.63, 3.8) is 0 Å². The lowest BCUT2D eigenvalue weighted by atomic mass is 10.0. The first-order chi connectivity index (χ1) is 21.4. The van der Waals surface area contributed by atoms with E-state index in [0.717, 1.165) is 4.90 Å². The fourth-order valence-electron chi connectivity index (χ4n) is 4.17. The van der Waals surface area contributed by atoms with Gasteiger partial charge < -0.3 is 36.8 Å². The highest BCUT2D eigenvalue weighted by Gasteiger charge is 2.31. The summed E-state index contributed by atoms with van der Waals surface area (Å²) in [6, 6.07) is 1.81. The summed E-state index contributed by atoms with van der Waals surface area (Å²) in [6.07, 6.45) is 0.0841. The van der Waals surface area contributed by atoms with Crippen molar-refractivity contribution in [1.29, 1.82) is 0 Å². The minimum Gasteiger partial charge on any atom is -0.404 e. The lowest BCUT2D eigenvalue weighted by Crippen LogP contribution is -2.56. The smallest absolute Gasteiger partial charge is 0.404 e. The first-order valence-electron chi connectivity index (χ1n) is 14.4. The van der Waals surface area contributed by atoms with Crippen LogP contribution in [0, 0.1) is 17.8 Å². The number of carbonyl (C=O) groups excluding carboxylic acids is 6. The van der Waals surface area contributed by atoms with Crippen LogP contribution in [0.1, 0.15) is 58.9 Å². The zero-order valence-electron chi connectivity index (χ0n) is 26.3. The van der Waals surface area contributed by atoms with Gasteiger partial charge >= 0.3 is 7.82 Å². The van der Waals surface area contributed by atoms with E-state index in [1.165, 1.54) is 31.2 Å². The van der Waals surface area contributed by atoms with Crippen molar-refractivity contribution in [2.24, 2.45) is 17.4 Å². The second-order valence-corrected chi connectivity index (χ2v) is 12.0. The predicted octanol–water partition coefficient (Wildman–Crippen LogP) is -0.786. The number of amides is 6. The van der Waals surface area contributed by atoms with Crippen LogP contribution in [-0.4, -0.2) is 81.3 Å². The van der Waals surface area contributed by atoms with Crippen molar-refractivity contribution in [2.45, 2.75) is 77.9 Å². The van der Waals surface area contributed by atoms with E-state index in [0.29, 0.717) is 12.0 Å². The number of primary amides is 2. The van der Waals surface area contributed by atoms with Crippen LogP contribution in [0.25, 0.3) is 0 Å². The third kappa shape index (κ3) is 16.0. The zero-order chi connectivity index (χ0) is 35.0. The van der Waals surface area contributed by atoms with E-state index in [2.05, 4.69) is 32.3 Å². The maximum atomic E-state index is 13.7. The largest absolute Gasteiger partial charge is 0.524 e. The lowest BCUT2D eigenvalue weighted by molar-refractivity contribution is -0.140. The molecule has 0 heterocycles. The summed E-state index contributed by atoms with van der Waals surface area (Å²) in [5, 5.41) is 7.54. The summed E-state index contributed by atoms with van der Waals surface area (Å²) < 4.78 is 15.6. The van der Waals surface area contributed by atoms with E-state index in [-0.39, 0.29) is 43.9 Å². The fourth-order valence-corrected chi connectivity index (χ4v) is 4.57. The molecule has 0 radical (unpaired) electrons. The Hall–Kier alpha value is -4.45. The van der Waals surface area contributed by atoms with E-state index < -0.39 is 67.9 Å². The first-order valence-corrected chi connectivity index (χ1v) is 16.0. The van der Waals surface area contributed by atoms with Gasteiger partial charge in [0.25, 0.3) is 0 Å². The van der Waals surface area contributed by atoms with Gasteiger partial charge in [-0.1, -0.05) is 38.8 Å². The Balaban J connectivity index is 3.27. The summed E-state index contributed by atoms with van der Waals surface area (Å²) in [4.78, 5) is 94.5. The van der Waals surface area contributed by atoms with Crippen LogP contribution >= 0.6 is 7.82 Å². The van der Waals surface area contributed by atoms with Crippen LogP contribution in [-0.2, 0) is 39.8 Å². The second-order valence-electron chi connectivity index (χ2n) is 10.8. The summed E-state index contributed by atoms with van der Waals surface area (Å²) in [6.45, 7) is 5.89. The van der Waals surface area contributed by atoms with Crippen molar-refractivity contribution in [2.75, 3.05) is 13.1 Å². The Morgan fingerprint density at radius 1 is 0.957 bits per heavy atom. The molecule has 0 aromatic heterocycles. The third-order valence-corrected chi connectivity index (χ3v) is 6.63. The molecule has 6 amide bonds. The molecule has 0 unspecified atom stereocenters. The second kappa shape index (κ2) is 19.2. The lowest BCUT2D eigenvalue weighted by Gasteiger charge is -2.28. The minimum absolute atomic E-state index is 0.0295. The molecule has 9 N–H and O–H groups in total. The van der Waals surface area contributed by atoms with E-state index in [4.69, 9.17) is 21.3 Å². The highest BCUT2D eigenvalue weighted by molar-refractivity contribution is 7.46. The Bertz CT molecular complexity index is 1350. The number of benzene rings is 1. The number of nitrogens with one attached hydrogen (secondary N) is 3. The molecule has 16 nitrogen and oxygen atoms in total. The van der Waals surface area contributed by atoms with Gasteiger partial charge in [-0.3, -0.25) is 38.6 Å². The fraction of sp³-hybridized carbons (Fsp3) is 0.517. The van der Waals surface area contributed by atoms with Gasteiger partial charge in [0.2, 0.25) is 35.4 Å². The number of carbonyl (C=O) groups is 6. The SMILES string of the molecule is CCC#CCN(CC(=O)N[C@@H](CC(C)C)C(N)=O)C(=O)[C@H](CCC(N)=O)NC(=O)[C@H](Cc1ccc(OP(=O)(O)O)cc1)NC(C)=O. The molecule has 0 saturated carbocycles. The van der Waals surface area contributed by atoms with Gasteiger partial charge in [0, 0.05) is 26.2 Å².